The first-order chi connectivity index (χ1) is 15.9. The number of halogens is 2. The molecule has 0 aliphatic carbocycles. The van der Waals surface area contributed by atoms with E-state index in [0.29, 0.717) is 16.1 Å². The van der Waals surface area contributed by atoms with E-state index in [1.54, 1.807) is 45.0 Å². The quantitative estimate of drug-likeness (QED) is 0.388. The third-order valence-electron chi connectivity index (χ3n) is 5.41. The third-order valence-corrected chi connectivity index (χ3v) is 5.65. The predicted octanol–water partition coefficient (Wildman–Crippen LogP) is 4.38. The number of alkyl carbamates (subject to hydrolysis) is 1. The van der Waals surface area contributed by atoms with Gasteiger partial charge in [0.1, 0.15) is 11.4 Å². The van der Waals surface area contributed by atoms with Crippen LogP contribution in [0.1, 0.15) is 39.2 Å². The lowest BCUT2D eigenvalue weighted by Gasteiger charge is -2.32. The molecule has 186 valence electrons. The van der Waals surface area contributed by atoms with Gasteiger partial charge in [-0.05, 0) is 75.9 Å². The summed E-state index contributed by atoms with van der Waals surface area (Å²) >= 11 is 5.99. The zero-order chi connectivity index (χ0) is 25.5. The van der Waals surface area contributed by atoms with E-state index in [9.17, 15) is 24.2 Å². The molecule has 0 spiro atoms. The molecule has 7 nitrogen and oxygen atoms in total. The van der Waals surface area contributed by atoms with Gasteiger partial charge in [0.25, 0.3) is 0 Å². The van der Waals surface area contributed by atoms with E-state index < -0.39 is 41.5 Å². The average molecular weight is 495 g/mol. The number of carboxylic acids is 1. The van der Waals surface area contributed by atoms with E-state index in [1.165, 1.54) is 18.2 Å². The van der Waals surface area contributed by atoms with E-state index in [4.69, 9.17) is 22.1 Å². The number of aliphatic carboxylic acids is 1. The molecule has 0 aliphatic rings. The fourth-order valence-electron chi connectivity index (χ4n) is 3.73. The number of aliphatic hydroxyl groups is 1. The van der Waals surface area contributed by atoms with Crippen LogP contribution >= 0.6 is 11.6 Å². The van der Waals surface area contributed by atoms with E-state index in [0.717, 1.165) is 5.56 Å². The van der Waals surface area contributed by atoms with Gasteiger partial charge >= 0.3 is 12.1 Å². The standard InChI is InChI=1S/C25H32ClFN2O5/c1-24(2,3)34-23(33)29-19(14-25(15-30,10-11-28)22(31)32)12-16-4-6-17(7-5-16)20-13-18(26)8-9-21(20)27/h4-9,13,19,30H,10-12,14-15,28H2,1-3H3,(H,29,33)(H,31,32). The Morgan fingerprint density at radius 3 is 2.35 bits per heavy atom. The fourth-order valence-corrected chi connectivity index (χ4v) is 3.90. The van der Waals surface area contributed by atoms with Crippen molar-refractivity contribution < 1.29 is 28.9 Å². The van der Waals surface area contributed by atoms with E-state index in [2.05, 4.69) is 5.32 Å². The van der Waals surface area contributed by atoms with Crippen molar-refractivity contribution in [1.82, 2.24) is 5.32 Å². The number of hydrogen-bond acceptors (Lipinski definition) is 5. The largest absolute Gasteiger partial charge is 0.481 e. The summed E-state index contributed by atoms with van der Waals surface area (Å²) in [7, 11) is 0. The SMILES string of the molecule is CC(C)(C)OC(=O)NC(Cc1ccc(-c2cc(Cl)ccc2F)cc1)CC(CO)(CCN)C(=O)O. The van der Waals surface area contributed by atoms with Crippen molar-refractivity contribution in [2.75, 3.05) is 13.2 Å². The topological polar surface area (TPSA) is 122 Å². The number of ether oxygens (including phenoxy) is 1. The summed E-state index contributed by atoms with van der Waals surface area (Å²) in [5.74, 6) is -1.60. The maximum atomic E-state index is 14.2. The lowest BCUT2D eigenvalue weighted by Crippen LogP contribution is -2.47. The first kappa shape index (κ1) is 27.6. The van der Waals surface area contributed by atoms with Crippen LogP contribution in [-0.2, 0) is 16.0 Å². The number of carboxylic acid groups (broad SMARTS) is 1. The van der Waals surface area contributed by atoms with Crippen LogP contribution in [0.2, 0.25) is 5.02 Å². The molecule has 2 aromatic carbocycles. The minimum Gasteiger partial charge on any atom is -0.481 e. The lowest BCUT2D eigenvalue weighted by atomic mass is 9.78. The zero-order valence-electron chi connectivity index (χ0n) is 19.6. The minimum absolute atomic E-state index is 0.0400. The predicted molar refractivity (Wildman–Crippen MR) is 129 cm³/mol. The van der Waals surface area contributed by atoms with Gasteiger partial charge in [-0.15, -0.1) is 0 Å². The van der Waals surface area contributed by atoms with E-state index in [1.807, 2.05) is 0 Å². The van der Waals surface area contributed by atoms with Crippen LogP contribution in [0.4, 0.5) is 9.18 Å². The number of nitrogens with two attached hydrogens (primary N) is 1. The molecule has 0 fully saturated rings. The average Bonchev–Trinajstić information content (AvgIpc) is 2.74. The number of carbonyl (C=O) groups is 2. The molecule has 0 aliphatic heterocycles. The highest BCUT2D eigenvalue weighted by molar-refractivity contribution is 6.30. The third kappa shape index (κ3) is 7.68. The van der Waals surface area contributed by atoms with E-state index in [-0.39, 0.29) is 25.8 Å². The highest BCUT2D eigenvalue weighted by Crippen LogP contribution is 2.30. The smallest absolute Gasteiger partial charge is 0.407 e. The summed E-state index contributed by atoms with van der Waals surface area (Å²) in [5.41, 5.74) is 5.11. The monoisotopic (exact) mass is 494 g/mol. The molecule has 2 aromatic rings. The minimum atomic E-state index is -1.52. The van der Waals surface area contributed by atoms with Gasteiger partial charge in [0.15, 0.2) is 0 Å². The van der Waals surface area contributed by atoms with Crippen LogP contribution < -0.4 is 11.1 Å². The molecular weight excluding hydrogens is 463 g/mol. The normalized spacial score (nSPS) is 14.2. The summed E-state index contributed by atoms with van der Waals surface area (Å²) in [5, 5.41) is 22.8. The number of aliphatic hydroxyl groups excluding tert-OH is 1. The molecule has 2 unspecified atom stereocenters. The van der Waals surface area contributed by atoms with Gasteiger partial charge < -0.3 is 26.0 Å². The van der Waals surface area contributed by atoms with Crippen LogP contribution in [0.25, 0.3) is 11.1 Å². The molecule has 2 atom stereocenters. The molecule has 0 saturated heterocycles. The highest BCUT2D eigenvalue weighted by Gasteiger charge is 2.40. The van der Waals surface area contributed by atoms with Crippen LogP contribution in [0.15, 0.2) is 42.5 Å². The van der Waals surface area contributed by atoms with Gasteiger partial charge in [-0.25, -0.2) is 9.18 Å². The second-order valence-corrected chi connectivity index (χ2v) is 9.79. The Kier molecular flexibility index (Phi) is 9.44. The van der Waals surface area contributed by atoms with Crippen molar-refractivity contribution in [3.63, 3.8) is 0 Å². The molecule has 0 radical (unpaired) electrons. The number of benzene rings is 2. The van der Waals surface area contributed by atoms with E-state index >= 15 is 0 Å². The summed E-state index contributed by atoms with van der Waals surface area (Å²) in [6.45, 7) is 4.60. The number of rotatable bonds is 10. The summed E-state index contributed by atoms with van der Waals surface area (Å²) in [6.07, 6.45) is -0.449. The number of nitrogens with one attached hydrogen (secondary N) is 1. The van der Waals surface area contributed by atoms with Crippen molar-refractivity contribution >= 4 is 23.7 Å². The van der Waals surface area contributed by atoms with Crippen molar-refractivity contribution in [3.05, 3.63) is 58.9 Å². The number of carbonyl (C=O) groups excluding carboxylic acids is 1. The van der Waals surface area contributed by atoms with Gasteiger partial charge in [0.2, 0.25) is 0 Å². The Bertz CT molecular complexity index is 994. The molecule has 5 N–H and O–H groups in total. The Morgan fingerprint density at radius 2 is 1.82 bits per heavy atom. The molecule has 0 heterocycles. The Labute approximate surface area is 204 Å². The Morgan fingerprint density at radius 1 is 1.18 bits per heavy atom. The Hall–Kier alpha value is -2.68. The molecular formula is C25H32ClFN2O5. The fraction of sp³-hybridized carbons (Fsp3) is 0.440. The van der Waals surface area contributed by atoms with Crippen LogP contribution in [-0.4, -0.2) is 47.1 Å². The summed E-state index contributed by atoms with van der Waals surface area (Å²) in [6, 6.07) is 10.6. The van der Waals surface area contributed by atoms with Crippen molar-refractivity contribution in [2.45, 2.75) is 51.7 Å². The molecule has 0 saturated carbocycles. The molecule has 0 aromatic heterocycles. The zero-order valence-corrected chi connectivity index (χ0v) is 20.4. The van der Waals surface area contributed by atoms with Gasteiger partial charge in [0.05, 0.1) is 12.0 Å². The molecule has 34 heavy (non-hydrogen) atoms. The van der Waals surface area contributed by atoms with Crippen molar-refractivity contribution in [3.8, 4) is 11.1 Å². The molecule has 1 amide bonds. The molecule has 2 rings (SSSR count). The molecule has 0 bridgehead atoms. The number of hydrogen-bond donors (Lipinski definition) is 4. The highest BCUT2D eigenvalue weighted by atomic mass is 35.5. The lowest BCUT2D eigenvalue weighted by molar-refractivity contribution is -0.153. The van der Waals surface area contributed by atoms with Gasteiger partial charge in [-0.2, -0.15) is 0 Å². The van der Waals surface area contributed by atoms with Gasteiger partial charge in [-0.3, -0.25) is 4.79 Å². The first-order valence-corrected chi connectivity index (χ1v) is 11.3. The first-order valence-electron chi connectivity index (χ1n) is 11.0. The second-order valence-electron chi connectivity index (χ2n) is 9.35. The Balaban J connectivity index is 2.30. The van der Waals surface area contributed by atoms with Gasteiger partial charge in [-0.1, -0.05) is 35.9 Å². The van der Waals surface area contributed by atoms with Crippen LogP contribution in [0, 0.1) is 11.2 Å². The maximum Gasteiger partial charge on any atom is 0.407 e. The maximum absolute atomic E-state index is 14.2. The van der Waals surface area contributed by atoms with Crippen LogP contribution in [0.3, 0.4) is 0 Å². The molecule has 9 heteroatoms. The van der Waals surface area contributed by atoms with Crippen LogP contribution in [0.5, 0.6) is 0 Å². The summed E-state index contributed by atoms with van der Waals surface area (Å²) in [4.78, 5) is 24.4. The van der Waals surface area contributed by atoms with Crippen molar-refractivity contribution in [2.24, 2.45) is 11.1 Å². The van der Waals surface area contributed by atoms with Gasteiger partial charge in [0, 0.05) is 16.6 Å². The summed E-state index contributed by atoms with van der Waals surface area (Å²) < 4.78 is 19.5. The second kappa shape index (κ2) is 11.6. The van der Waals surface area contributed by atoms with Crippen molar-refractivity contribution in [1.29, 1.82) is 0 Å². The number of amides is 1.